The summed E-state index contributed by atoms with van der Waals surface area (Å²) in [5.74, 6) is -0.403. The van der Waals surface area contributed by atoms with Crippen LogP contribution in [0.25, 0.3) is 0 Å². The summed E-state index contributed by atoms with van der Waals surface area (Å²) in [6.45, 7) is 3.29. The Morgan fingerprint density at radius 3 is 2.82 bits per heavy atom. The van der Waals surface area contributed by atoms with Crippen molar-refractivity contribution in [1.82, 2.24) is 14.9 Å². The molecule has 17 heavy (non-hydrogen) atoms. The van der Waals surface area contributed by atoms with Crippen LogP contribution in [0.1, 0.15) is 13.3 Å². The van der Waals surface area contributed by atoms with Gasteiger partial charge in [-0.1, -0.05) is 6.08 Å². The molecule has 0 saturated heterocycles. The van der Waals surface area contributed by atoms with Gasteiger partial charge in [0.05, 0.1) is 18.3 Å². The first-order valence-corrected chi connectivity index (χ1v) is 7.37. The molecule has 2 aliphatic rings. The maximum Gasteiger partial charge on any atom is 0.241 e. The van der Waals surface area contributed by atoms with E-state index in [1.54, 1.807) is 6.92 Å². The predicted molar refractivity (Wildman–Crippen MR) is 63.3 cm³/mol. The predicted octanol–water partition coefficient (Wildman–Crippen LogP) is -0.783. The number of sulfonamides is 1. The van der Waals surface area contributed by atoms with E-state index >= 15 is 0 Å². The van der Waals surface area contributed by atoms with Gasteiger partial charge in [0, 0.05) is 12.6 Å². The monoisotopic (exact) mass is 259 g/mol. The van der Waals surface area contributed by atoms with Crippen LogP contribution in [-0.4, -0.2) is 44.7 Å². The number of carbonyl (C=O) groups excluding carboxylic acids is 1. The fraction of sp³-hybridized carbons (Fsp3) is 0.700. The molecule has 1 aliphatic carbocycles. The van der Waals surface area contributed by atoms with E-state index in [1.165, 1.54) is 0 Å². The van der Waals surface area contributed by atoms with Crippen molar-refractivity contribution >= 4 is 15.9 Å². The van der Waals surface area contributed by atoms with Gasteiger partial charge >= 0.3 is 0 Å². The lowest BCUT2D eigenvalue weighted by Crippen LogP contribution is -2.43. The van der Waals surface area contributed by atoms with Crippen LogP contribution in [-0.2, 0) is 14.8 Å². The highest BCUT2D eigenvalue weighted by Gasteiger charge is 2.59. The minimum atomic E-state index is -3.47. The molecule has 1 fully saturated rings. The Labute approximate surface area is 101 Å². The van der Waals surface area contributed by atoms with Crippen molar-refractivity contribution in [3.8, 4) is 0 Å². The zero-order valence-corrected chi connectivity index (χ0v) is 10.8. The average Bonchev–Trinajstić information content (AvgIpc) is 2.91. The standard InChI is InChI=1S/C10H17N3O3S/c1-10(9(14)12-17(2,15)16)6-8(10)13-5-3-4-11-7-13/h3-4,8,11H,5-7H2,1-2H3,(H,12,14). The highest BCUT2D eigenvalue weighted by molar-refractivity contribution is 7.89. The molecular formula is C10H17N3O3S. The minimum absolute atomic E-state index is 0.113. The van der Waals surface area contributed by atoms with Gasteiger partial charge in [0.25, 0.3) is 0 Å². The first-order valence-electron chi connectivity index (χ1n) is 5.47. The smallest absolute Gasteiger partial charge is 0.241 e. The Hall–Kier alpha value is -1.08. The summed E-state index contributed by atoms with van der Waals surface area (Å²) in [5, 5.41) is 3.08. The molecule has 2 atom stereocenters. The SMILES string of the molecule is CC1(C(=O)NS(C)(=O)=O)CC1N1CC=CNC1. The molecule has 1 heterocycles. The van der Waals surface area contributed by atoms with Crippen molar-refractivity contribution in [2.24, 2.45) is 5.41 Å². The van der Waals surface area contributed by atoms with Gasteiger partial charge in [-0.05, 0) is 19.5 Å². The van der Waals surface area contributed by atoms with Crippen LogP contribution < -0.4 is 10.0 Å². The molecule has 1 amide bonds. The van der Waals surface area contributed by atoms with E-state index in [0.29, 0.717) is 13.1 Å². The average molecular weight is 259 g/mol. The fourth-order valence-corrected chi connectivity index (χ4v) is 2.72. The second-order valence-electron chi connectivity index (χ2n) is 4.88. The topological polar surface area (TPSA) is 78.5 Å². The normalized spacial score (nSPS) is 32.9. The number of carbonyl (C=O) groups is 1. The largest absolute Gasteiger partial charge is 0.378 e. The summed E-state index contributed by atoms with van der Waals surface area (Å²) in [5.41, 5.74) is -0.587. The Morgan fingerprint density at radius 2 is 2.29 bits per heavy atom. The number of hydrogen-bond donors (Lipinski definition) is 2. The summed E-state index contributed by atoms with van der Waals surface area (Å²) in [6, 6.07) is 0.113. The lowest BCUT2D eigenvalue weighted by molar-refractivity contribution is -0.124. The van der Waals surface area contributed by atoms with Crippen LogP contribution in [0.15, 0.2) is 12.3 Å². The highest BCUT2D eigenvalue weighted by atomic mass is 32.2. The molecule has 1 aliphatic heterocycles. The molecule has 2 rings (SSSR count). The number of hydrogen-bond acceptors (Lipinski definition) is 5. The first-order chi connectivity index (χ1) is 7.83. The molecule has 96 valence electrons. The molecule has 0 aromatic carbocycles. The molecule has 6 nitrogen and oxygen atoms in total. The Kier molecular flexibility index (Phi) is 2.90. The van der Waals surface area contributed by atoms with Crippen molar-refractivity contribution in [3.63, 3.8) is 0 Å². The van der Waals surface area contributed by atoms with Gasteiger partial charge in [-0.2, -0.15) is 0 Å². The number of amides is 1. The third-order valence-corrected chi connectivity index (χ3v) is 3.86. The number of nitrogens with one attached hydrogen (secondary N) is 2. The fourth-order valence-electron chi connectivity index (χ4n) is 2.15. The molecule has 0 aromatic rings. The van der Waals surface area contributed by atoms with Crippen molar-refractivity contribution in [1.29, 1.82) is 0 Å². The van der Waals surface area contributed by atoms with Gasteiger partial charge in [0.2, 0.25) is 15.9 Å². The molecule has 0 aromatic heterocycles. The van der Waals surface area contributed by atoms with Gasteiger partial charge in [-0.15, -0.1) is 0 Å². The zero-order chi connectivity index (χ0) is 12.7. The van der Waals surface area contributed by atoms with Gasteiger partial charge in [-0.25, -0.2) is 8.42 Å². The Bertz CT molecular complexity index is 459. The molecule has 2 N–H and O–H groups in total. The van der Waals surface area contributed by atoms with Crippen LogP contribution in [0.3, 0.4) is 0 Å². The van der Waals surface area contributed by atoms with Gasteiger partial charge < -0.3 is 5.32 Å². The molecule has 7 heteroatoms. The van der Waals surface area contributed by atoms with E-state index in [4.69, 9.17) is 0 Å². The van der Waals surface area contributed by atoms with E-state index < -0.39 is 21.3 Å². The van der Waals surface area contributed by atoms with Crippen molar-refractivity contribution in [2.75, 3.05) is 19.5 Å². The van der Waals surface area contributed by atoms with E-state index in [-0.39, 0.29) is 6.04 Å². The molecule has 0 bridgehead atoms. The Morgan fingerprint density at radius 1 is 1.59 bits per heavy atom. The van der Waals surface area contributed by atoms with Crippen molar-refractivity contribution in [2.45, 2.75) is 19.4 Å². The summed E-state index contributed by atoms with van der Waals surface area (Å²) < 4.78 is 24.1. The second kappa shape index (κ2) is 3.99. The van der Waals surface area contributed by atoms with E-state index in [2.05, 4.69) is 14.9 Å². The molecular weight excluding hydrogens is 242 g/mol. The Balaban J connectivity index is 1.99. The van der Waals surface area contributed by atoms with Gasteiger partial charge in [0.1, 0.15) is 0 Å². The maximum atomic E-state index is 11.8. The lowest BCUT2D eigenvalue weighted by Gasteiger charge is -2.26. The number of nitrogens with zero attached hydrogens (tertiary/aromatic N) is 1. The molecule has 0 spiro atoms. The molecule has 2 unspecified atom stereocenters. The lowest BCUT2D eigenvalue weighted by atomic mass is 10.1. The molecule has 0 radical (unpaired) electrons. The van der Waals surface area contributed by atoms with Gasteiger partial charge in [0.15, 0.2) is 0 Å². The summed E-state index contributed by atoms with van der Waals surface area (Å²) >= 11 is 0. The van der Waals surface area contributed by atoms with E-state index in [9.17, 15) is 13.2 Å². The maximum absolute atomic E-state index is 11.8. The summed E-state index contributed by atoms with van der Waals surface area (Å²) in [6.07, 6.45) is 5.56. The van der Waals surface area contributed by atoms with Crippen molar-refractivity contribution in [3.05, 3.63) is 12.3 Å². The van der Waals surface area contributed by atoms with Crippen LogP contribution >= 0.6 is 0 Å². The summed E-state index contributed by atoms with van der Waals surface area (Å²) in [4.78, 5) is 14.0. The quantitative estimate of drug-likeness (QED) is 0.695. The van der Waals surface area contributed by atoms with Crippen LogP contribution in [0.4, 0.5) is 0 Å². The third kappa shape index (κ3) is 2.61. The molecule has 1 saturated carbocycles. The summed E-state index contributed by atoms with van der Waals surface area (Å²) in [7, 11) is -3.47. The van der Waals surface area contributed by atoms with Crippen LogP contribution in [0.2, 0.25) is 0 Å². The van der Waals surface area contributed by atoms with E-state index in [0.717, 1.165) is 12.8 Å². The van der Waals surface area contributed by atoms with E-state index in [1.807, 2.05) is 12.3 Å². The second-order valence-corrected chi connectivity index (χ2v) is 6.63. The van der Waals surface area contributed by atoms with Crippen LogP contribution in [0.5, 0.6) is 0 Å². The first kappa shape index (κ1) is 12.4. The van der Waals surface area contributed by atoms with Crippen molar-refractivity contribution < 1.29 is 13.2 Å². The van der Waals surface area contributed by atoms with Crippen LogP contribution in [0, 0.1) is 5.41 Å². The zero-order valence-electron chi connectivity index (χ0n) is 9.93. The number of rotatable bonds is 3. The highest BCUT2D eigenvalue weighted by Crippen LogP contribution is 2.49. The van der Waals surface area contributed by atoms with Gasteiger partial charge in [-0.3, -0.25) is 14.4 Å². The minimum Gasteiger partial charge on any atom is -0.378 e. The third-order valence-electron chi connectivity index (χ3n) is 3.30.